The molecule has 30 heavy (non-hydrogen) atoms. The van der Waals surface area contributed by atoms with Crippen LogP contribution in [0.15, 0.2) is 60.8 Å². The van der Waals surface area contributed by atoms with Gasteiger partial charge in [-0.1, -0.05) is 41.9 Å². The van der Waals surface area contributed by atoms with E-state index in [2.05, 4.69) is 5.32 Å². The molecule has 1 N–H and O–H groups in total. The van der Waals surface area contributed by atoms with Crippen LogP contribution in [-0.2, 0) is 0 Å². The van der Waals surface area contributed by atoms with E-state index < -0.39 is 0 Å². The Morgan fingerprint density at radius 1 is 1.10 bits per heavy atom. The van der Waals surface area contributed by atoms with Crippen molar-refractivity contribution in [3.8, 4) is 26.8 Å². The van der Waals surface area contributed by atoms with Gasteiger partial charge < -0.3 is 5.32 Å². The zero-order valence-electron chi connectivity index (χ0n) is 16.9. The van der Waals surface area contributed by atoms with Gasteiger partial charge in [0.15, 0.2) is 0 Å². The van der Waals surface area contributed by atoms with Crippen LogP contribution in [0.25, 0.3) is 26.8 Å². The maximum absolute atomic E-state index is 12.9. The van der Waals surface area contributed by atoms with Crippen molar-refractivity contribution in [2.45, 2.75) is 26.8 Å². The van der Waals surface area contributed by atoms with E-state index in [1.807, 2.05) is 75.4 Å². The van der Waals surface area contributed by atoms with Crippen molar-refractivity contribution < 1.29 is 4.79 Å². The molecule has 1 amide bonds. The van der Waals surface area contributed by atoms with Crippen molar-refractivity contribution in [3.05, 3.63) is 77.1 Å². The number of benzene rings is 2. The van der Waals surface area contributed by atoms with Gasteiger partial charge in [0, 0.05) is 22.8 Å². The molecule has 0 aliphatic carbocycles. The van der Waals surface area contributed by atoms with Crippen LogP contribution in [0.2, 0.25) is 5.02 Å². The molecular weight excluding hydrogens is 416 g/mol. The minimum atomic E-state index is -0.150. The van der Waals surface area contributed by atoms with Gasteiger partial charge >= 0.3 is 0 Å². The summed E-state index contributed by atoms with van der Waals surface area (Å²) < 4.78 is 1.74. The van der Waals surface area contributed by atoms with Crippen LogP contribution in [0.4, 0.5) is 0 Å². The Bertz CT molecular complexity index is 1180. The molecule has 0 saturated carbocycles. The topological polar surface area (TPSA) is 59.8 Å². The van der Waals surface area contributed by atoms with Crippen molar-refractivity contribution in [1.82, 2.24) is 20.1 Å². The third-order valence-electron chi connectivity index (χ3n) is 4.50. The van der Waals surface area contributed by atoms with Gasteiger partial charge in [0.25, 0.3) is 5.91 Å². The van der Waals surface area contributed by atoms with E-state index in [4.69, 9.17) is 21.7 Å². The first-order valence-corrected chi connectivity index (χ1v) is 10.8. The van der Waals surface area contributed by atoms with Crippen molar-refractivity contribution in [2.75, 3.05) is 0 Å². The van der Waals surface area contributed by atoms with E-state index >= 15 is 0 Å². The largest absolute Gasteiger partial charge is 0.350 e. The molecule has 152 valence electrons. The number of hydrogen-bond donors (Lipinski definition) is 1. The second-order valence-corrected chi connectivity index (χ2v) is 8.68. The first-order chi connectivity index (χ1) is 14.4. The highest BCUT2D eigenvalue weighted by atomic mass is 35.5. The normalized spacial score (nSPS) is 11.1. The zero-order valence-corrected chi connectivity index (χ0v) is 18.5. The van der Waals surface area contributed by atoms with Crippen molar-refractivity contribution >= 4 is 28.8 Å². The summed E-state index contributed by atoms with van der Waals surface area (Å²) in [5.41, 5.74) is 3.87. The molecule has 4 rings (SSSR count). The number of carbonyl (C=O) groups excluding carboxylic acids is 1. The minimum Gasteiger partial charge on any atom is -0.350 e. The SMILES string of the molecule is Cc1nc(-c2ccc(Cl)cc2)sc1-c1nn(-c2ccccc2)cc1C(=O)NC(C)C. The molecule has 0 fully saturated rings. The number of thiazole rings is 1. The predicted octanol–water partition coefficient (Wildman–Crippen LogP) is 5.76. The Kier molecular flexibility index (Phi) is 5.70. The molecule has 0 aliphatic heterocycles. The standard InChI is InChI=1S/C23H21ClN4OS/c1-14(2)25-22(29)19-13-28(18-7-5-4-6-8-18)27-20(19)21-15(3)26-23(30-21)16-9-11-17(24)12-10-16/h4-14H,1-3H3,(H,25,29). The number of nitrogens with one attached hydrogen (secondary N) is 1. The van der Waals surface area contributed by atoms with Crippen molar-refractivity contribution in [1.29, 1.82) is 0 Å². The van der Waals surface area contributed by atoms with E-state index in [9.17, 15) is 4.79 Å². The number of aromatic nitrogens is 3. The Morgan fingerprint density at radius 3 is 2.47 bits per heavy atom. The van der Waals surface area contributed by atoms with Gasteiger partial charge in [0.2, 0.25) is 0 Å². The quantitative estimate of drug-likeness (QED) is 0.432. The lowest BCUT2D eigenvalue weighted by molar-refractivity contribution is 0.0944. The van der Waals surface area contributed by atoms with Crippen LogP contribution in [-0.4, -0.2) is 26.7 Å². The number of carbonyl (C=O) groups is 1. The summed E-state index contributed by atoms with van der Waals surface area (Å²) in [4.78, 5) is 18.5. The average molecular weight is 437 g/mol. The fraction of sp³-hybridized carbons (Fsp3) is 0.174. The molecular formula is C23H21ClN4OS. The third-order valence-corrected chi connectivity index (χ3v) is 5.97. The fourth-order valence-corrected chi connectivity index (χ4v) is 4.29. The molecule has 5 nitrogen and oxygen atoms in total. The average Bonchev–Trinajstić information content (AvgIpc) is 3.32. The van der Waals surface area contributed by atoms with Gasteiger partial charge in [-0.2, -0.15) is 5.10 Å². The fourth-order valence-electron chi connectivity index (χ4n) is 3.09. The minimum absolute atomic E-state index is 0.0256. The van der Waals surface area contributed by atoms with Crippen LogP contribution in [0.1, 0.15) is 29.9 Å². The number of aryl methyl sites for hydroxylation is 1. The molecule has 2 heterocycles. The molecule has 4 aromatic rings. The summed E-state index contributed by atoms with van der Waals surface area (Å²) in [5, 5.41) is 9.29. The Balaban J connectivity index is 1.82. The summed E-state index contributed by atoms with van der Waals surface area (Å²) in [5.74, 6) is -0.150. The van der Waals surface area contributed by atoms with Crippen LogP contribution >= 0.6 is 22.9 Å². The van der Waals surface area contributed by atoms with Gasteiger partial charge in [-0.05, 0) is 45.0 Å². The maximum atomic E-state index is 12.9. The molecule has 0 bridgehead atoms. The third kappa shape index (κ3) is 4.15. The van der Waals surface area contributed by atoms with Gasteiger partial charge in [-0.3, -0.25) is 4.79 Å². The Labute approximate surface area is 184 Å². The highest BCUT2D eigenvalue weighted by Crippen LogP contribution is 2.36. The Morgan fingerprint density at radius 2 is 1.80 bits per heavy atom. The molecule has 0 aliphatic rings. The smallest absolute Gasteiger partial charge is 0.255 e. The molecule has 2 aromatic carbocycles. The number of amides is 1. The Hall–Kier alpha value is -2.96. The number of para-hydroxylation sites is 1. The molecule has 0 radical (unpaired) electrons. The lowest BCUT2D eigenvalue weighted by Gasteiger charge is -2.07. The summed E-state index contributed by atoms with van der Waals surface area (Å²) in [6.45, 7) is 5.82. The first kappa shape index (κ1) is 20.3. The zero-order chi connectivity index (χ0) is 21.3. The van der Waals surface area contributed by atoms with E-state index in [1.54, 1.807) is 10.9 Å². The van der Waals surface area contributed by atoms with Crippen molar-refractivity contribution in [2.24, 2.45) is 0 Å². The van der Waals surface area contributed by atoms with Crippen LogP contribution in [0, 0.1) is 6.92 Å². The molecule has 0 atom stereocenters. The highest BCUT2D eigenvalue weighted by molar-refractivity contribution is 7.18. The molecule has 0 spiro atoms. The molecule has 2 aromatic heterocycles. The number of rotatable bonds is 5. The van der Waals surface area contributed by atoms with E-state index in [1.165, 1.54) is 11.3 Å². The van der Waals surface area contributed by atoms with Crippen LogP contribution < -0.4 is 5.32 Å². The number of nitrogens with zero attached hydrogens (tertiary/aromatic N) is 3. The predicted molar refractivity (Wildman–Crippen MR) is 122 cm³/mol. The van der Waals surface area contributed by atoms with Gasteiger partial charge in [-0.15, -0.1) is 11.3 Å². The number of hydrogen-bond acceptors (Lipinski definition) is 4. The molecule has 7 heteroatoms. The molecule has 0 unspecified atom stereocenters. The van der Waals surface area contributed by atoms with E-state index in [-0.39, 0.29) is 11.9 Å². The van der Waals surface area contributed by atoms with Gasteiger partial charge in [-0.25, -0.2) is 9.67 Å². The lowest BCUT2D eigenvalue weighted by atomic mass is 10.2. The second kappa shape index (κ2) is 8.42. The van der Waals surface area contributed by atoms with Crippen molar-refractivity contribution in [3.63, 3.8) is 0 Å². The van der Waals surface area contributed by atoms with Gasteiger partial charge in [0.1, 0.15) is 10.7 Å². The second-order valence-electron chi connectivity index (χ2n) is 7.24. The number of halogens is 1. The first-order valence-electron chi connectivity index (χ1n) is 9.62. The molecule has 0 saturated heterocycles. The van der Waals surface area contributed by atoms with E-state index in [0.29, 0.717) is 16.3 Å². The maximum Gasteiger partial charge on any atom is 0.255 e. The summed E-state index contributed by atoms with van der Waals surface area (Å²) in [6.07, 6.45) is 1.78. The summed E-state index contributed by atoms with van der Waals surface area (Å²) in [6, 6.07) is 17.4. The summed E-state index contributed by atoms with van der Waals surface area (Å²) >= 11 is 7.54. The lowest BCUT2D eigenvalue weighted by Crippen LogP contribution is -2.30. The van der Waals surface area contributed by atoms with E-state index in [0.717, 1.165) is 26.8 Å². The summed E-state index contributed by atoms with van der Waals surface area (Å²) in [7, 11) is 0. The van der Waals surface area contributed by atoms with Crippen LogP contribution in [0.5, 0.6) is 0 Å². The van der Waals surface area contributed by atoms with Crippen LogP contribution in [0.3, 0.4) is 0 Å². The monoisotopic (exact) mass is 436 g/mol. The highest BCUT2D eigenvalue weighted by Gasteiger charge is 2.23. The van der Waals surface area contributed by atoms with Gasteiger partial charge in [0.05, 0.1) is 21.8 Å².